The lowest BCUT2D eigenvalue weighted by atomic mass is 10.2. The Balaban J connectivity index is 0.00000220. The van der Waals surface area contributed by atoms with Gasteiger partial charge in [0.15, 0.2) is 0 Å². The summed E-state index contributed by atoms with van der Waals surface area (Å²) in [5.41, 5.74) is 1.20. The summed E-state index contributed by atoms with van der Waals surface area (Å²) in [5.74, 6) is 0.830. The van der Waals surface area contributed by atoms with Gasteiger partial charge in [0.05, 0.1) is 13.2 Å². The summed E-state index contributed by atoms with van der Waals surface area (Å²) in [6, 6.07) is 7.88. The first-order valence-corrected chi connectivity index (χ1v) is 6.93. The summed E-state index contributed by atoms with van der Waals surface area (Å²) >= 11 is 0. The second-order valence-electron chi connectivity index (χ2n) is 4.98. The van der Waals surface area contributed by atoms with Crippen LogP contribution in [-0.2, 0) is 9.53 Å². The van der Waals surface area contributed by atoms with Gasteiger partial charge in [-0.1, -0.05) is 17.7 Å². The minimum Gasteiger partial charge on any atom is -0.492 e. The fourth-order valence-electron chi connectivity index (χ4n) is 2.01. The number of nitrogens with one attached hydrogen (secondary N) is 1. The van der Waals surface area contributed by atoms with Crippen LogP contribution in [-0.4, -0.2) is 56.8 Å². The van der Waals surface area contributed by atoms with Crippen LogP contribution in [0.2, 0.25) is 0 Å². The van der Waals surface area contributed by atoms with E-state index >= 15 is 0 Å². The number of rotatable bonds is 5. The van der Waals surface area contributed by atoms with Gasteiger partial charge in [0.2, 0.25) is 0 Å². The molecule has 1 aliphatic heterocycles. The van der Waals surface area contributed by atoms with E-state index in [0.717, 1.165) is 12.3 Å². The fourth-order valence-corrected chi connectivity index (χ4v) is 2.01. The van der Waals surface area contributed by atoms with Crippen LogP contribution >= 0.6 is 12.4 Å². The predicted octanol–water partition coefficient (Wildman–Crippen LogP) is 1.24. The van der Waals surface area contributed by atoms with Crippen LogP contribution in [0, 0.1) is 6.92 Å². The minimum absolute atomic E-state index is 0. The molecule has 1 unspecified atom stereocenters. The number of likely N-dealkylation sites (N-methyl/N-ethyl adjacent to an activating group) is 1. The molecule has 0 bridgehead atoms. The lowest BCUT2D eigenvalue weighted by Gasteiger charge is -2.27. The van der Waals surface area contributed by atoms with Crippen molar-refractivity contribution in [1.29, 1.82) is 0 Å². The number of morpholine rings is 1. The highest BCUT2D eigenvalue weighted by Gasteiger charge is 2.24. The van der Waals surface area contributed by atoms with E-state index in [-0.39, 0.29) is 24.4 Å². The number of benzene rings is 1. The summed E-state index contributed by atoms with van der Waals surface area (Å²) in [6.45, 7) is 5.04. The van der Waals surface area contributed by atoms with Gasteiger partial charge in [0, 0.05) is 20.1 Å². The molecule has 5 nitrogen and oxygen atoms in total. The lowest BCUT2D eigenvalue weighted by molar-refractivity contribution is -0.144. The van der Waals surface area contributed by atoms with E-state index in [1.165, 1.54) is 5.56 Å². The van der Waals surface area contributed by atoms with Crippen molar-refractivity contribution >= 4 is 18.3 Å². The molecule has 1 heterocycles. The Hall–Kier alpha value is -1.30. The van der Waals surface area contributed by atoms with Gasteiger partial charge in [0.1, 0.15) is 18.5 Å². The number of ether oxygens (including phenoxy) is 2. The molecule has 1 aliphatic rings. The number of carbonyl (C=O) groups excluding carboxylic acids is 1. The van der Waals surface area contributed by atoms with E-state index in [4.69, 9.17) is 9.47 Å². The molecule has 0 radical (unpaired) electrons. The number of nitrogens with zero attached hydrogens (tertiary/aromatic N) is 1. The zero-order valence-electron chi connectivity index (χ0n) is 12.5. The standard InChI is InChI=1S/C15H22N2O3.ClH/c1-12-3-5-13(6-4-12)19-10-8-17(2)15(18)14-11-16-7-9-20-14;/h3-6,14,16H,7-11H2,1-2H3;1H. The Kier molecular flexibility index (Phi) is 7.50. The van der Waals surface area contributed by atoms with Gasteiger partial charge >= 0.3 is 0 Å². The van der Waals surface area contributed by atoms with E-state index in [1.807, 2.05) is 31.2 Å². The van der Waals surface area contributed by atoms with Gasteiger partial charge in [-0.3, -0.25) is 4.79 Å². The number of amides is 1. The molecule has 0 spiro atoms. The van der Waals surface area contributed by atoms with Crippen LogP contribution in [0.25, 0.3) is 0 Å². The third-order valence-corrected chi connectivity index (χ3v) is 3.30. The van der Waals surface area contributed by atoms with Crippen molar-refractivity contribution in [3.05, 3.63) is 29.8 Å². The molecule has 1 N–H and O–H groups in total. The average molecular weight is 315 g/mol. The Morgan fingerprint density at radius 1 is 1.43 bits per heavy atom. The molecule has 1 amide bonds. The second-order valence-corrected chi connectivity index (χ2v) is 4.98. The molecule has 2 rings (SSSR count). The summed E-state index contributed by atoms with van der Waals surface area (Å²) < 4.78 is 11.1. The first-order valence-electron chi connectivity index (χ1n) is 6.93. The van der Waals surface area contributed by atoms with Gasteiger partial charge < -0.3 is 19.7 Å². The SMILES string of the molecule is Cc1ccc(OCCN(C)C(=O)C2CNCCO2)cc1.Cl. The largest absolute Gasteiger partial charge is 0.492 e. The topological polar surface area (TPSA) is 50.8 Å². The molecule has 0 saturated carbocycles. The van der Waals surface area contributed by atoms with Crippen molar-refractivity contribution in [2.75, 3.05) is 39.9 Å². The molecule has 1 fully saturated rings. The van der Waals surface area contributed by atoms with E-state index < -0.39 is 0 Å². The molecule has 0 aromatic heterocycles. The molecule has 0 aliphatic carbocycles. The Morgan fingerprint density at radius 2 is 2.14 bits per heavy atom. The van der Waals surface area contributed by atoms with Crippen molar-refractivity contribution in [2.24, 2.45) is 0 Å². The third kappa shape index (κ3) is 5.53. The zero-order valence-corrected chi connectivity index (χ0v) is 13.3. The molecular formula is C15H23ClN2O3. The quantitative estimate of drug-likeness (QED) is 0.888. The first-order chi connectivity index (χ1) is 9.66. The summed E-state index contributed by atoms with van der Waals surface area (Å²) in [6.07, 6.45) is -0.367. The van der Waals surface area contributed by atoms with Gasteiger partial charge in [-0.2, -0.15) is 0 Å². The van der Waals surface area contributed by atoms with Crippen LogP contribution in [0.5, 0.6) is 5.75 Å². The Morgan fingerprint density at radius 3 is 2.76 bits per heavy atom. The number of hydrogen-bond donors (Lipinski definition) is 1. The maximum atomic E-state index is 12.1. The number of aryl methyl sites for hydroxylation is 1. The maximum absolute atomic E-state index is 12.1. The van der Waals surface area contributed by atoms with Crippen molar-refractivity contribution in [3.63, 3.8) is 0 Å². The average Bonchev–Trinajstić information content (AvgIpc) is 2.49. The molecule has 1 saturated heterocycles. The third-order valence-electron chi connectivity index (χ3n) is 3.30. The van der Waals surface area contributed by atoms with Crippen LogP contribution < -0.4 is 10.1 Å². The number of hydrogen-bond acceptors (Lipinski definition) is 4. The molecule has 1 aromatic carbocycles. The highest BCUT2D eigenvalue weighted by Crippen LogP contribution is 2.11. The van der Waals surface area contributed by atoms with Crippen LogP contribution in [0.4, 0.5) is 0 Å². The Bertz CT molecular complexity index is 433. The molecule has 6 heteroatoms. The summed E-state index contributed by atoms with van der Waals surface area (Å²) in [4.78, 5) is 13.7. The zero-order chi connectivity index (χ0) is 14.4. The Labute approximate surface area is 132 Å². The fraction of sp³-hybridized carbons (Fsp3) is 0.533. The van der Waals surface area contributed by atoms with Crippen LogP contribution in [0.15, 0.2) is 24.3 Å². The maximum Gasteiger partial charge on any atom is 0.252 e. The van der Waals surface area contributed by atoms with E-state index in [2.05, 4.69) is 5.32 Å². The van der Waals surface area contributed by atoms with E-state index in [9.17, 15) is 4.79 Å². The molecule has 1 atom stereocenters. The molecule has 21 heavy (non-hydrogen) atoms. The van der Waals surface area contributed by atoms with Crippen molar-refractivity contribution in [3.8, 4) is 5.75 Å². The van der Waals surface area contributed by atoms with E-state index in [1.54, 1.807) is 11.9 Å². The number of carbonyl (C=O) groups is 1. The van der Waals surface area contributed by atoms with Crippen molar-refractivity contribution in [2.45, 2.75) is 13.0 Å². The number of halogens is 1. The van der Waals surface area contributed by atoms with Gasteiger partial charge in [-0.05, 0) is 19.1 Å². The minimum atomic E-state index is -0.367. The van der Waals surface area contributed by atoms with Gasteiger partial charge in [0.25, 0.3) is 5.91 Å². The molecule has 1 aromatic rings. The van der Waals surface area contributed by atoms with E-state index in [0.29, 0.717) is 26.3 Å². The lowest BCUT2D eigenvalue weighted by Crippen LogP contribution is -2.49. The highest BCUT2D eigenvalue weighted by atomic mass is 35.5. The molecule has 118 valence electrons. The van der Waals surface area contributed by atoms with Crippen molar-refractivity contribution < 1.29 is 14.3 Å². The normalized spacial score (nSPS) is 17.7. The van der Waals surface area contributed by atoms with Crippen molar-refractivity contribution in [1.82, 2.24) is 10.2 Å². The highest BCUT2D eigenvalue weighted by molar-refractivity contribution is 5.85. The molecular weight excluding hydrogens is 292 g/mol. The van der Waals surface area contributed by atoms with Crippen LogP contribution in [0.1, 0.15) is 5.56 Å². The predicted molar refractivity (Wildman–Crippen MR) is 84.2 cm³/mol. The first kappa shape index (κ1) is 17.8. The summed E-state index contributed by atoms with van der Waals surface area (Å²) in [5, 5.41) is 3.15. The second kappa shape index (κ2) is 8.87. The summed E-state index contributed by atoms with van der Waals surface area (Å²) in [7, 11) is 1.78. The smallest absolute Gasteiger partial charge is 0.252 e. The van der Waals surface area contributed by atoms with Crippen LogP contribution in [0.3, 0.4) is 0 Å². The van der Waals surface area contributed by atoms with Gasteiger partial charge in [-0.15, -0.1) is 12.4 Å². The monoisotopic (exact) mass is 314 g/mol. The van der Waals surface area contributed by atoms with Gasteiger partial charge in [-0.25, -0.2) is 0 Å².